The maximum atomic E-state index is 15.0. The normalized spacial score (nSPS) is 13.3. The van der Waals surface area contributed by atoms with Gasteiger partial charge in [0.15, 0.2) is 0 Å². The quantitative estimate of drug-likeness (QED) is 0.277. The zero-order chi connectivity index (χ0) is 30.0. The number of likely N-dealkylation sites (N-methyl/N-ethyl adjacent to an activating group) is 1. The van der Waals surface area contributed by atoms with Gasteiger partial charge in [0.05, 0.1) is 16.9 Å². The van der Waals surface area contributed by atoms with Gasteiger partial charge in [0.25, 0.3) is 5.91 Å². The minimum atomic E-state index is -0.687. The fourth-order valence-corrected chi connectivity index (χ4v) is 4.66. The van der Waals surface area contributed by atoms with E-state index >= 15 is 0 Å². The highest BCUT2D eigenvalue weighted by atomic mass is 19.1. The number of halogens is 1. The number of hydrogen-bond acceptors (Lipinski definition) is 6. The third kappa shape index (κ3) is 6.41. The molecule has 3 N–H and O–H groups in total. The van der Waals surface area contributed by atoms with Crippen molar-refractivity contribution in [2.75, 3.05) is 31.3 Å². The molecule has 42 heavy (non-hydrogen) atoms. The molecule has 1 aliphatic rings. The van der Waals surface area contributed by atoms with E-state index in [1.807, 2.05) is 31.5 Å². The summed E-state index contributed by atoms with van der Waals surface area (Å²) in [5.74, 6) is -0.541. The van der Waals surface area contributed by atoms with Gasteiger partial charge in [-0.3, -0.25) is 14.5 Å². The Kier molecular flexibility index (Phi) is 7.95. The van der Waals surface area contributed by atoms with Crippen LogP contribution < -0.4 is 20.7 Å². The van der Waals surface area contributed by atoms with Crippen LogP contribution in [0.5, 0.6) is 11.5 Å². The number of benzene rings is 2. The number of hydrogen-bond donors (Lipinski definition) is 3. The average molecular weight is 572 g/mol. The minimum absolute atomic E-state index is 0.0247. The number of nitrogens with zero attached hydrogens (tertiary/aromatic N) is 4. The molecule has 3 amide bonds. The summed E-state index contributed by atoms with van der Waals surface area (Å²) in [7, 11) is 3.61. The Morgan fingerprint density at radius 3 is 2.48 bits per heavy atom. The first-order chi connectivity index (χ1) is 20.0. The van der Waals surface area contributed by atoms with Crippen molar-refractivity contribution in [3.05, 3.63) is 83.6 Å². The molecule has 0 atom stereocenters. The van der Waals surface area contributed by atoms with Gasteiger partial charge in [-0.15, -0.1) is 0 Å². The van der Waals surface area contributed by atoms with Gasteiger partial charge < -0.3 is 25.6 Å². The van der Waals surface area contributed by atoms with Crippen molar-refractivity contribution in [2.45, 2.75) is 39.3 Å². The number of nitrogens with one attached hydrogen (secondary N) is 3. The Balaban J connectivity index is 1.33. The number of urea groups is 1. The summed E-state index contributed by atoms with van der Waals surface area (Å²) >= 11 is 0. The summed E-state index contributed by atoms with van der Waals surface area (Å²) in [6.45, 7) is 7.96. The van der Waals surface area contributed by atoms with E-state index in [4.69, 9.17) is 9.84 Å². The number of aromatic nitrogens is 3. The van der Waals surface area contributed by atoms with E-state index in [2.05, 4.69) is 45.0 Å². The Hall–Kier alpha value is -4.77. The Morgan fingerprint density at radius 2 is 1.74 bits per heavy atom. The van der Waals surface area contributed by atoms with Crippen LogP contribution in [0.4, 0.5) is 20.6 Å². The first-order valence-corrected chi connectivity index (χ1v) is 13.6. The van der Waals surface area contributed by atoms with Gasteiger partial charge in [-0.25, -0.2) is 9.18 Å². The molecule has 0 unspecified atom stereocenters. The summed E-state index contributed by atoms with van der Waals surface area (Å²) in [6.07, 6.45) is 4.16. The fraction of sp³-hybridized carbons (Fsp3) is 0.290. The van der Waals surface area contributed by atoms with E-state index in [1.165, 1.54) is 42.6 Å². The number of carbonyl (C=O) groups is 2. The third-order valence-corrected chi connectivity index (χ3v) is 6.95. The van der Waals surface area contributed by atoms with Crippen LogP contribution >= 0.6 is 0 Å². The monoisotopic (exact) mass is 571 g/mol. The van der Waals surface area contributed by atoms with Gasteiger partial charge in [-0.05, 0) is 69.6 Å². The molecule has 2 aromatic carbocycles. The highest BCUT2D eigenvalue weighted by Crippen LogP contribution is 2.32. The van der Waals surface area contributed by atoms with Crippen molar-refractivity contribution < 1.29 is 18.7 Å². The fourth-order valence-electron chi connectivity index (χ4n) is 4.66. The first kappa shape index (κ1) is 28.7. The molecule has 0 bridgehead atoms. The second kappa shape index (κ2) is 11.6. The van der Waals surface area contributed by atoms with E-state index in [1.54, 1.807) is 12.3 Å². The summed E-state index contributed by atoms with van der Waals surface area (Å²) in [6, 6.07) is 12.8. The highest BCUT2D eigenvalue weighted by Gasteiger charge is 2.22. The maximum absolute atomic E-state index is 15.0. The van der Waals surface area contributed by atoms with Gasteiger partial charge in [0, 0.05) is 50.2 Å². The lowest BCUT2D eigenvalue weighted by Crippen LogP contribution is -2.26. The average Bonchev–Trinajstić information content (AvgIpc) is 3.38. The van der Waals surface area contributed by atoms with Crippen molar-refractivity contribution in [1.29, 1.82) is 0 Å². The van der Waals surface area contributed by atoms with Crippen LogP contribution in [0, 0.1) is 5.82 Å². The molecule has 3 heterocycles. The molecule has 11 heteroatoms. The molecule has 5 rings (SSSR count). The Morgan fingerprint density at radius 1 is 0.976 bits per heavy atom. The maximum Gasteiger partial charge on any atom is 0.323 e. The molecular weight excluding hydrogens is 537 g/mol. The summed E-state index contributed by atoms with van der Waals surface area (Å²) < 4.78 is 22.5. The SMILES string of the molecule is CNC(=O)c1cc(Oc2ccc(NC(=O)Nc3cn(C(C)(C)C)nc3-c3ccc4c(c3)CCN(C)C4)c(F)c2)ccn1. The Bertz CT molecular complexity index is 1640. The molecule has 1 aliphatic heterocycles. The summed E-state index contributed by atoms with van der Waals surface area (Å²) in [5, 5.41) is 12.7. The standard InChI is InChI=1S/C31H34FN7O3/c1-31(2,3)39-18-27(28(37-39)20-6-7-21-17-38(5)13-11-19(21)14-20)36-30(41)35-25-9-8-22(15-24(25)32)42-23-10-12-34-26(16-23)29(40)33-4/h6-10,12,14-16,18H,11,13,17H2,1-5H3,(H,33,40)(H2,35,36,41). The van der Waals surface area contributed by atoms with Crippen LogP contribution in [-0.2, 0) is 18.5 Å². The minimum Gasteiger partial charge on any atom is -0.457 e. The van der Waals surface area contributed by atoms with Gasteiger partial charge in [-0.2, -0.15) is 5.10 Å². The smallest absolute Gasteiger partial charge is 0.323 e. The van der Waals surface area contributed by atoms with Gasteiger partial charge in [-0.1, -0.05) is 12.1 Å². The first-order valence-electron chi connectivity index (χ1n) is 13.6. The largest absolute Gasteiger partial charge is 0.457 e. The van der Waals surface area contributed by atoms with Crippen molar-refractivity contribution in [3.63, 3.8) is 0 Å². The van der Waals surface area contributed by atoms with Crippen molar-refractivity contribution in [1.82, 2.24) is 25.0 Å². The second-order valence-electron chi connectivity index (χ2n) is 11.3. The Labute approximate surface area is 243 Å². The predicted octanol–water partition coefficient (Wildman–Crippen LogP) is 5.62. The van der Waals surface area contributed by atoms with Crippen LogP contribution in [0.15, 0.2) is 60.9 Å². The lowest BCUT2D eigenvalue weighted by atomic mass is 9.96. The molecule has 0 saturated carbocycles. The predicted molar refractivity (Wildman–Crippen MR) is 159 cm³/mol. The van der Waals surface area contributed by atoms with Crippen molar-refractivity contribution in [2.24, 2.45) is 0 Å². The van der Waals surface area contributed by atoms with Crippen molar-refractivity contribution in [3.8, 4) is 22.8 Å². The van der Waals surface area contributed by atoms with E-state index in [0.717, 1.165) is 31.1 Å². The number of carbonyl (C=O) groups excluding carboxylic acids is 2. The summed E-state index contributed by atoms with van der Waals surface area (Å²) in [4.78, 5) is 31.1. The van der Waals surface area contributed by atoms with Gasteiger partial charge >= 0.3 is 6.03 Å². The van der Waals surface area contributed by atoms with E-state index in [0.29, 0.717) is 17.1 Å². The molecule has 218 valence electrons. The highest BCUT2D eigenvalue weighted by molar-refractivity contribution is 6.02. The topological polar surface area (TPSA) is 113 Å². The van der Waals surface area contributed by atoms with E-state index in [9.17, 15) is 14.0 Å². The van der Waals surface area contributed by atoms with Crippen molar-refractivity contribution >= 4 is 23.3 Å². The van der Waals surface area contributed by atoms with Crippen LogP contribution in [0.25, 0.3) is 11.3 Å². The molecule has 0 saturated heterocycles. The lowest BCUT2D eigenvalue weighted by molar-refractivity contribution is 0.0957. The molecule has 2 aromatic heterocycles. The van der Waals surface area contributed by atoms with Gasteiger partial charge in [0.2, 0.25) is 0 Å². The molecule has 4 aromatic rings. The number of fused-ring (bicyclic) bond motifs is 1. The number of anilines is 2. The van der Waals surface area contributed by atoms with Crippen LogP contribution in [0.1, 0.15) is 42.4 Å². The lowest BCUT2D eigenvalue weighted by Gasteiger charge is -2.25. The molecule has 0 spiro atoms. The molecular formula is C31H34FN7O3. The second-order valence-corrected chi connectivity index (χ2v) is 11.3. The number of amides is 3. The molecule has 0 fully saturated rings. The number of ether oxygens (including phenoxy) is 1. The zero-order valence-electron chi connectivity index (χ0n) is 24.3. The summed E-state index contributed by atoms with van der Waals surface area (Å²) in [5.41, 5.74) is 4.44. The van der Waals surface area contributed by atoms with E-state index in [-0.39, 0.29) is 28.6 Å². The van der Waals surface area contributed by atoms with Crippen LogP contribution in [0.2, 0.25) is 0 Å². The third-order valence-electron chi connectivity index (χ3n) is 6.95. The zero-order valence-corrected chi connectivity index (χ0v) is 24.3. The van der Waals surface area contributed by atoms with E-state index < -0.39 is 11.8 Å². The number of pyridine rings is 1. The molecule has 0 aliphatic carbocycles. The van der Waals surface area contributed by atoms with Crippen LogP contribution in [0.3, 0.4) is 0 Å². The van der Waals surface area contributed by atoms with Crippen LogP contribution in [-0.4, -0.2) is 52.2 Å². The molecule has 0 radical (unpaired) electrons. The molecule has 10 nitrogen and oxygen atoms in total. The number of rotatable bonds is 6. The van der Waals surface area contributed by atoms with Gasteiger partial charge in [0.1, 0.15) is 28.7 Å².